The molecule has 7 nitrogen and oxygen atoms in total. The number of thioether (sulfide) groups is 1. The Hall–Kier alpha value is -2.92. The highest BCUT2D eigenvalue weighted by molar-refractivity contribution is 7.99. The van der Waals surface area contributed by atoms with E-state index in [1.807, 2.05) is 24.3 Å². The lowest BCUT2D eigenvalue weighted by atomic mass is 10.1. The molecule has 1 aliphatic rings. The number of carbonyl (C=O) groups excluding carboxylic acids is 1. The van der Waals surface area contributed by atoms with Crippen molar-refractivity contribution in [2.75, 3.05) is 43.3 Å². The van der Waals surface area contributed by atoms with Gasteiger partial charge in [-0.05, 0) is 47.9 Å². The minimum Gasteiger partial charge on any atom is -0.465 e. The van der Waals surface area contributed by atoms with Crippen molar-refractivity contribution in [3.05, 3.63) is 95.3 Å². The van der Waals surface area contributed by atoms with Gasteiger partial charge in [0.05, 0.1) is 24.9 Å². The molecule has 0 amide bonds. The van der Waals surface area contributed by atoms with Gasteiger partial charge in [0.1, 0.15) is 5.82 Å². The first-order valence-corrected chi connectivity index (χ1v) is 14.4. The van der Waals surface area contributed by atoms with Crippen molar-refractivity contribution in [1.82, 2.24) is 9.62 Å². The molecular formula is C27H30FN3O4S2. The number of methoxy groups -OCH3 is 1. The molecular weight excluding hydrogens is 513 g/mol. The van der Waals surface area contributed by atoms with Crippen LogP contribution >= 0.6 is 11.8 Å². The van der Waals surface area contributed by atoms with Crippen molar-refractivity contribution in [3.63, 3.8) is 0 Å². The Bertz CT molecular complexity index is 1300. The average Bonchev–Trinajstić information content (AvgIpc) is 2.93. The zero-order chi connectivity index (χ0) is 26.3. The SMILES string of the molecule is COC(=O)c1cc(SCCc2ccccc2)ccc1N(Cc1ccc(F)cc1)S(=O)(=O)N1CCNCC1. The van der Waals surface area contributed by atoms with E-state index in [1.54, 1.807) is 36.0 Å². The Morgan fingerprint density at radius 1 is 1.03 bits per heavy atom. The van der Waals surface area contributed by atoms with Crippen molar-refractivity contribution in [1.29, 1.82) is 0 Å². The monoisotopic (exact) mass is 543 g/mol. The maximum atomic E-state index is 13.8. The summed E-state index contributed by atoms with van der Waals surface area (Å²) < 4.78 is 48.8. The summed E-state index contributed by atoms with van der Waals surface area (Å²) in [6.07, 6.45) is 0.856. The van der Waals surface area contributed by atoms with Crippen LogP contribution in [0.2, 0.25) is 0 Å². The zero-order valence-corrected chi connectivity index (χ0v) is 22.2. The summed E-state index contributed by atoms with van der Waals surface area (Å²) in [5, 5.41) is 3.16. The van der Waals surface area contributed by atoms with Gasteiger partial charge in [0.25, 0.3) is 0 Å². The second kappa shape index (κ2) is 12.6. The molecule has 0 spiro atoms. The fourth-order valence-corrected chi connectivity index (χ4v) is 6.67. The van der Waals surface area contributed by atoms with Gasteiger partial charge >= 0.3 is 16.2 Å². The normalized spacial score (nSPS) is 14.3. The number of hydrogen-bond donors (Lipinski definition) is 1. The molecule has 10 heteroatoms. The van der Waals surface area contributed by atoms with E-state index in [1.165, 1.54) is 33.4 Å². The predicted molar refractivity (Wildman–Crippen MR) is 145 cm³/mol. The third kappa shape index (κ3) is 6.89. The lowest BCUT2D eigenvalue weighted by molar-refractivity contribution is 0.0601. The molecule has 3 aromatic carbocycles. The number of rotatable bonds is 10. The maximum Gasteiger partial charge on any atom is 0.340 e. The van der Waals surface area contributed by atoms with Gasteiger partial charge in [0.2, 0.25) is 0 Å². The molecule has 0 atom stereocenters. The number of carbonyl (C=O) groups is 1. The number of piperazine rings is 1. The van der Waals surface area contributed by atoms with Gasteiger partial charge in [-0.3, -0.25) is 4.31 Å². The summed E-state index contributed by atoms with van der Waals surface area (Å²) in [4.78, 5) is 13.7. The Morgan fingerprint density at radius 3 is 2.41 bits per heavy atom. The Kier molecular flexibility index (Phi) is 9.20. The van der Waals surface area contributed by atoms with Crippen LogP contribution in [0.25, 0.3) is 0 Å². The molecule has 0 unspecified atom stereocenters. The third-order valence-corrected chi connectivity index (χ3v) is 8.96. The van der Waals surface area contributed by atoms with E-state index in [-0.39, 0.29) is 17.8 Å². The summed E-state index contributed by atoms with van der Waals surface area (Å²) in [6.45, 7) is 1.62. The lowest BCUT2D eigenvalue weighted by Crippen LogP contribution is -2.52. The third-order valence-electron chi connectivity index (χ3n) is 6.06. The summed E-state index contributed by atoms with van der Waals surface area (Å²) in [6, 6.07) is 20.9. The molecule has 1 fully saturated rings. The quantitative estimate of drug-likeness (QED) is 0.306. The second-order valence-electron chi connectivity index (χ2n) is 8.54. The lowest BCUT2D eigenvalue weighted by Gasteiger charge is -2.34. The van der Waals surface area contributed by atoms with Crippen LogP contribution < -0.4 is 9.62 Å². The van der Waals surface area contributed by atoms with E-state index in [4.69, 9.17) is 4.74 Å². The van der Waals surface area contributed by atoms with Crippen LogP contribution in [-0.4, -0.2) is 57.7 Å². The Morgan fingerprint density at radius 2 is 1.73 bits per heavy atom. The fraction of sp³-hybridized carbons (Fsp3) is 0.296. The number of aryl methyl sites for hydroxylation is 1. The summed E-state index contributed by atoms with van der Waals surface area (Å²) in [5.74, 6) is -0.241. The molecule has 0 aliphatic carbocycles. The smallest absolute Gasteiger partial charge is 0.340 e. The van der Waals surface area contributed by atoms with Gasteiger partial charge in [-0.25, -0.2) is 9.18 Å². The van der Waals surface area contributed by atoms with E-state index in [2.05, 4.69) is 17.4 Å². The van der Waals surface area contributed by atoms with Gasteiger partial charge < -0.3 is 10.1 Å². The van der Waals surface area contributed by atoms with Crippen molar-refractivity contribution in [2.45, 2.75) is 17.9 Å². The molecule has 0 radical (unpaired) electrons. The van der Waals surface area contributed by atoms with Gasteiger partial charge in [-0.1, -0.05) is 42.5 Å². The average molecular weight is 544 g/mol. The van der Waals surface area contributed by atoms with E-state index in [9.17, 15) is 17.6 Å². The highest BCUT2D eigenvalue weighted by Crippen LogP contribution is 2.32. The molecule has 0 bridgehead atoms. The summed E-state index contributed by atoms with van der Waals surface area (Å²) >= 11 is 1.58. The van der Waals surface area contributed by atoms with Crippen molar-refractivity contribution >= 4 is 33.6 Å². The minimum absolute atomic E-state index is 0.0585. The van der Waals surface area contributed by atoms with Gasteiger partial charge in [-0.15, -0.1) is 11.8 Å². The molecule has 1 saturated heterocycles. The van der Waals surface area contributed by atoms with Crippen molar-refractivity contribution in [2.24, 2.45) is 0 Å². The Labute approximate surface area is 221 Å². The van der Waals surface area contributed by atoms with Gasteiger partial charge in [0, 0.05) is 36.8 Å². The molecule has 1 N–H and O–H groups in total. The minimum atomic E-state index is -4.00. The highest BCUT2D eigenvalue weighted by atomic mass is 32.2. The first kappa shape index (κ1) is 27.1. The number of nitrogens with one attached hydrogen (secondary N) is 1. The zero-order valence-electron chi connectivity index (χ0n) is 20.6. The first-order valence-electron chi connectivity index (χ1n) is 12.0. The number of anilines is 1. The molecule has 3 aromatic rings. The fourth-order valence-electron chi connectivity index (χ4n) is 4.09. The van der Waals surface area contributed by atoms with Crippen LogP contribution in [0.3, 0.4) is 0 Å². The molecule has 0 saturated carbocycles. The predicted octanol–water partition coefficient (Wildman–Crippen LogP) is 4.10. The highest BCUT2D eigenvalue weighted by Gasteiger charge is 2.33. The number of benzene rings is 3. The number of ether oxygens (including phenoxy) is 1. The van der Waals surface area contributed by atoms with Crippen LogP contribution in [0.1, 0.15) is 21.5 Å². The van der Waals surface area contributed by atoms with Crippen LogP contribution in [0.4, 0.5) is 10.1 Å². The van der Waals surface area contributed by atoms with Gasteiger partial charge in [0.15, 0.2) is 0 Å². The van der Waals surface area contributed by atoms with Crippen LogP contribution in [0.5, 0.6) is 0 Å². The number of halogens is 1. The second-order valence-corrected chi connectivity index (χ2v) is 11.6. The topological polar surface area (TPSA) is 79.0 Å². The molecule has 37 heavy (non-hydrogen) atoms. The van der Waals surface area contributed by atoms with E-state index in [0.29, 0.717) is 31.7 Å². The van der Waals surface area contributed by atoms with Crippen LogP contribution in [-0.2, 0) is 27.9 Å². The van der Waals surface area contributed by atoms with E-state index in [0.717, 1.165) is 17.1 Å². The van der Waals surface area contributed by atoms with Crippen molar-refractivity contribution < 1.29 is 22.3 Å². The van der Waals surface area contributed by atoms with E-state index >= 15 is 0 Å². The van der Waals surface area contributed by atoms with Gasteiger partial charge in [-0.2, -0.15) is 12.7 Å². The number of esters is 1. The molecule has 1 aliphatic heterocycles. The maximum absolute atomic E-state index is 13.8. The molecule has 4 rings (SSSR count). The van der Waals surface area contributed by atoms with Crippen LogP contribution in [0.15, 0.2) is 77.7 Å². The summed E-state index contributed by atoms with van der Waals surface area (Å²) in [5.41, 5.74) is 2.19. The molecule has 1 heterocycles. The molecule has 0 aromatic heterocycles. The number of nitrogens with zero attached hydrogens (tertiary/aromatic N) is 2. The van der Waals surface area contributed by atoms with Crippen molar-refractivity contribution in [3.8, 4) is 0 Å². The standard InChI is InChI=1S/C27H30FN3O4S2/c1-35-27(32)25-19-24(36-18-13-21-5-3-2-4-6-21)11-12-26(25)31(20-22-7-9-23(28)10-8-22)37(33,34)30-16-14-29-15-17-30/h2-12,19,29H,13-18,20H2,1H3. The largest absolute Gasteiger partial charge is 0.465 e. The first-order chi connectivity index (χ1) is 17.9. The Balaban J connectivity index is 1.67. The van der Waals surface area contributed by atoms with Crippen LogP contribution in [0, 0.1) is 5.82 Å². The molecule has 196 valence electrons. The summed E-state index contributed by atoms with van der Waals surface area (Å²) in [7, 11) is -2.72. The van der Waals surface area contributed by atoms with E-state index < -0.39 is 22.0 Å². The number of hydrogen-bond acceptors (Lipinski definition) is 6.